The maximum Gasteiger partial charge on any atom is 0.123 e. The van der Waals surface area contributed by atoms with Gasteiger partial charge in [0.15, 0.2) is 0 Å². The lowest BCUT2D eigenvalue weighted by Crippen LogP contribution is -2.25. The van der Waals surface area contributed by atoms with E-state index in [1.54, 1.807) is 7.11 Å². The molecule has 3 rings (SSSR count). The van der Waals surface area contributed by atoms with Gasteiger partial charge in [-0.15, -0.1) is 0 Å². The standard InChI is InChI=1S/C18H23NOS/c1-20-18-7-6-15-4-2-3-5-16(15)17(18)13-19-12-14-8-10-21-11-9-14/h2-7,14,19H,8-13H2,1H3. The molecule has 1 aliphatic rings. The Morgan fingerprint density at radius 2 is 1.95 bits per heavy atom. The summed E-state index contributed by atoms with van der Waals surface area (Å²) in [6.07, 6.45) is 2.70. The Morgan fingerprint density at radius 3 is 2.76 bits per heavy atom. The van der Waals surface area contributed by atoms with E-state index in [1.165, 1.54) is 40.7 Å². The lowest BCUT2D eigenvalue weighted by molar-refractivity contribution is 0.404. The molecule has 1 fully saturated rings. The zero-order valence-electron chi connectivity index (χ0n) is 12.6. The molecule has 0 amide bonds. The van der Waals surface area contributed by atoms with E-state index in [-0.39, 0.29) is 0 Å². The number of ether oxygens (including phenoxy) is 1. The fraction of sp³-hybridized carbons (Fsp3) is 0.444. The van der Waals surface area contributed by atoms with Crippen molar-refractivity contribution in [2.24, 2.45) is 5.92 Å². The van der Waals surface area contributed by atoms with Crippen molar-refractivity contribution in [3.05, 3.63) is 42.0 Å². The molecule has 1 N–H and O–H groups in total. The number of benzene rings is 2. The maximum absolute atomic E-state index is 5.55. The van der Waals surface area contributed by atoms with E-state index >= 15 is 0 Å². The topological polar surface area (TPSA) is 21.3 Å². The van der Waals surface area contributed by atoms with Gasteiger partial charge in [-0.2, -0.15) is 11.8 Å². The van der Waals surface area contributed by atoms with E-state index < -0.39 is 0 Å². The summed E-state index contributed by atoms with van der Waals surface area (Å²) >= 11 is 2.09. The molecule has 112 valence electrons. The predicted octanol–water partition coefficient (Wildman–Crippen LogP) is 4.08. The average molecular weight is 301 g/mol. The summed E-state index contributed by atoms with van der Waals surface area (Å²) in [4.78, 5) is 0. The van der Waals surface area contributed by atoms with Crippen LogP contribution in [0.15, 0.2) is 36.4 Å². The van der Waals surface area contributed by atoms with Crippen molar-refractivity contribution in [2.75, 3.05) is 25.2 Å². The van der Waals surface area contributed by atoms with E-state index in [0.29, 0.717) is 0 Å². The Morgan fingerprint density at radius 1 is 1.14 bits per heavy atom. The van der Waals surface area contributed by atoms with Crippen LogP contribution >= 0.6 is 11.8 Å². The lowest BCUT2D eigenvalue weighted by Gasteiger charge is -2.22. The summed E-state index contributed by atoms with van der Waals surface area (Å²) < 4.78 is 5.55. The van der Waals surface area contributed by atoms with Crippen molar-refractivity contribution in [1.29, 1.82) is 0 Å². The molecule has 0 saturated carbocycles. The van der Waals surface area contributed by atoms with Crippen LogP contribution in [0.2, 0.25) is 0 Å². The summed E-state index contributed by atoms with van der Waals surface area (Å²) in [5, 5.41) is 6.23. The first-order chi connectivity index (χ1) is 10.4. The summed E-state index contributed by atoms with van der Waals surface area (Å²) in [5.41, 5.74) is 1.28. The number of fused-ring (bicyclic) bond motifs is 1. The molecule has 0 bridgehead atoms. The van der Waals surface area contributed by atoms with Gasteiger partial charge in [0, 0.05) is 12.1 Å². The van der Waals surface area contributed by atoms with E-state index in [4.69, 9.17) is 4.74 Å². The number of rotatable bonds is 5. The van der Waals surface area contributed by atoms with Gasteiger partial charge in [0.25, 0.3) is 0 Å². The summed E-state index contributed by atoms with van der Waals surface area (Å²) in [5.74, 6) is 4.47. The molecular formula is C18H23NOS. The first kappa shape index (κ1) is 14.7. The molecule has 0 radical (unpaired) electrons. The largest absolute Gasteiger partial charge is 0.496 e. The van der Waals surface area contributed by atoms with E-state index in [1.807, 2.05) is 0 Å². The lowest BCUT2D eigenvalue weighted by atomic mass is 10.0. The van der Waals surface area contributed by atoms with Gasteiger partial charge >= 0.3 is 0 Å². The van der Waals surface area contributed by atoms with Crippen molar-refractivity contribution in [2.45, 2.75) is 19.4 Å². The Hall–Kier alpha value is -1.19. The quantitative estimate of drug-likeness (QED) is 0.899. The molecule has 21 heavy (non-hydrogen) atoms. The van der Waals surface area contributed by atoms with Crippen LogP contribution in [-0.2, 0) is 6.54 Å². The third-order valence-corrected chi connectivity index (χ3v) is 5.34. The fourth-order valence-corrected chi connectivity index (χ4v) is 4.25. The monoisotopic (exact) mass is 301 g/mol. The van der Waals surface area contributed by atoms with Crippen LogP contribution < -0.4 is 10.1 Å². The first-order valence-electron chi connectivity index (χ1n) is 7.71. The highest BCUT2D eigenvalue weighted by Crippen LogP contribution is 2.28. The minimum absolute atomic E-state index is 0.840. The van der Waals surface area contributed by atoms with Crippen molar-refractivity contribution < 1.29 is 4.74 Å². The van der Waals surface area contributed by atoms with Crippen molar-refractivity contribution in [3.63, 3.8) is 0 Å². The molecule has 0 spiro atoms. The SMILES string of the molecule is COc1ccc2ccccc2c1CNCC1CCSCC1. The molecule has 2 aromatic rings. The molecular weight excluding hydrogens is 278 g/mol. The number of hydrogen-bond donors (Lipinski definition) is 1. The third-order valence-electron chi connectivity index (χ3n) is 4.29. The molecule has 1 aliphatic heterocycles. The number of methoxy groups -OCH3 is 1. The van der Waals surface area contributed by atoms with Crippen LogP contribution in [0.25, 0.3) is 10.8 Å². The summed E-state index contributed by atoms with van der Waals surface area (Å²) in [6, 6.07) is 12.8. The highest BCUT2D eigenvalue weighted by molar-refractivity contribution is 7.99. The molecule has 0 aliphatic carbocycles. The number of nitrogens with one attached hydrogen (secondary N) is 1. The van der Waals surface area contributed by atoms with Crippen LogP contribution in [0.3, 0.4) is 0 Å². The second-order valence-electron chi connectivity index (χ2n) is 5.65. The molecule has 0 atom stereocenters. The van der Waals surface area contributed by atoms with E-state index in [2.05, 4.69) is 53.5 Å². The van der Waals surface area contributed by atoms with Gasteiger partial charge < -0.3 is 10.1 Å². The van der Waals surface area contributed by atoms with Crippen molar-refractivity contribution in [1.82, 2.24) is 5.32 Å². The van der Waals surface area contributed by atoms with Crippen LogP contribution in [0.5, 0.6) is 5.75 Å². The molecule has 3 heteroatoms. The summed E-state index contributed by atoms with van der Waals surface area (Å²) in [7, 11) is 1.76. The number of thioether (sulfide) groups is 1. The molecule has 2 nitrogen and oxygen atoms in total. The minimum Gasteiger partial charge on any atom is -0.496 e. The Balaban J connectivity index is 1.72. The molecule has 2 aromatic carbocycles. The highest BCUT2D eigenvalue weighted by Gasteiger charge is 2.14. The first-order valence-corrected chi connectivity index (χ1v) is 8.87. The smallest absolute Gasteiger partial charge is 0.123 e. The predicted molar refractivity (Wildman–Crippen MR) is 92.3 cm³/mol. The van der Waals surface area contributed by atoms with Gasteiger partial charge in [-0.05, 0) is 53.6 Å². The zero-order valence-corrected chi connectivity index (χ0v) is 13.4. The molecule has 0 unspecified atom stereocenters. The van der Waals surface area contributed by atoms with Crippen molar-refractivity contribution in [3.8, 4) is 5.75 Å². The van der Waals surface area contributed by atoms with Gasteiger partial charge in [0.05, 0.1) is 7.11 Å². The Bertz CT molecular complexity index is 593. The van der Waals surface area contributed by atoms with Gasteiger partial charge in [-0.25, -0.2) is 0 Å². The Labute approximate surface area is 131 Å². The summed E-state index contributed by atoms with van der Waals surface area (Å²) in [6.45, 7) is 2.00. The molecule has 1 heterocycles. The highest BCUT2D eigenvalue weighted by atomic mass is 32.2. The van der Waals surface area contributed by atoms with Crippen LogP contribution in [0, 0.1) is 5.92 Å². The molecule has 1 saturated heterocycles. The second-order valence-corrected chi connectivity index (χ2v) is 6.88. The van der Waals surface area contributed by atoms with Gasteiger partial charge in [-0.3, -0.25) is 0 Å². The normalized spacial score (nSPS) is 16.2. The Kier molecular flexibility index (Phi) is 5.04. The van der Waals surface area contributed by atoms with Crippen LogP contribution in [0.1, 0.15) is 18.4 Å². The van der Waals surface area contributed by atoms with E-state index in [0.717, 1.165) is 24.8 Å². The van der Waals surface area contributed by atoms with Gasteiger partial charge in [-0.1, -0.05) is 30.3 Å². The third kappa shape index (κ3) is 3.53. The zero-order chi connectivity index (χ0) is 14.5. The fourth-order valence-electron chi connectivity index (χ4n) is 3.04. The van der Waals surface area contributed by atoms with Crippen LogP contribution in [-0.4, -0.2) is 25.2 Å². The maximum atomic E-state index is 5.55. The second kappa shape index (κ2) is 7.19. The molecule has 0 aromatic heterocycles. The van der Waals surface area contributed by atoms with E-state index in [9.17, 15) is 0 Å². The minimum atomic E-state index is 0.840. The van der Waals surface area contributed by atoms with Gasteiger partial charge in [0.2, 0.25) is 0 Å². The average Bonchev–Trinajstić information content (AvgIpc) is 2.56. The van der Waals surface area contributed by atoms with Crippen molar-refractivity contribution >= 4 is 22.5 Å². The van der Waals surface area contributed by atoms with Gasteiger partial charge in [0.1, 0.15) is 5.75 Å². The number of hydrogen-bond acceptors (Lipinski definition) is 3. The van der Waals surface area contributed by atoms with Crippen LogP contribution in [0.4, 0.5) is 0 Å².